The van der Waals surface area contributed by atoms with Crippen LogP contribution in [-0.4, -0.2) is 26.2 Å². The quantitative estimate of drug-likeness (QED) is 0.564. The summed E-state index contributed by atoms with van der Waals surface area (Å²) in [4.78, 5) is 16.6. The Balaban J connectivity index is 1.52. The largest absolute Gasteiger partial charge is 0.461 e. The molecule has 0 radical (unpaired) electrons. The van der Waals surface area contributed by atoms with E-state index in [0.29, 0.717) is 39.4 Å². The number of hydrogen-bond acceptors (Lipinski definition) is 6. The average Bonchev–Trinajstić information content (AvgIpc) is 3.36. The third-order valence-electron chi connectivity index (χ3n) is 3.57. The van der Waals surface area contributed by atoms with Gasteiger partial charge in [-0.25, -0.2) is 4.98 Å². The van der Waals surface area contributed by atoms with Crippen molar-refractivity contribution in [3.63, 3.8) is 0 Å². The number of carbonyl (C=O) groups excluding carboxylic acids is 1. The maximum Gasteiger partial charge on any atom is 0.277 e. The van der Waals surface area contributed by atoms with Gasteiger partial charge in [-0.1, -0.05) is 16.8 Å². The first-order chi connectivity index (χ1) is 12.6. The molecule has 26 heavy (non-hydrogen) atoms. The van der Waals surface area contributed by atoms with Gasteiger partial charge in [0.05, 0.1) is 11.3 Å². The Morgan fingerprint density at radius 3 is 2.81 bits per heavy atom. The van der Waals surface area contributed by atoms with E-state index < -0.39 is 5.91 Å². The van der Waals surface area contributed by atoms with E-state index in [1.54, 1.807) is 37.3 Å². The zero-order chi connectivity index (χ0) is 18.1. The van der Waals surface area contributed by atoms with Gasteiger partial charge in [-0.15, -0.1) is 0 Å². The van der Waals surface area contributed by atoms with Crippen LogP contribution in [0.2, 0.25) is 5.02 Å². The van der Waals surface area contributed by atoms with Crippen LogP contribution in [0.5, 0.6) is 0 Å². The van der Waals surface area contributed by atoms with Gasteiger partial charge in [0.1, 0.15) is 5.82 Å². The summed E-state index contributed by atoms with van der Waals surface area (Å²) >= 11 is 6.28. The Bertz CT molecular complexity index is 1070. The molecule has 1 amide bonds. The first-order valence-corrected chi connectivity index (χ1v) is 7.99. The minimum absolute atomic E-state index is 0.126. The maximum absolute atomic E-state index is 12.3. The van der Waals surface area contributed by atoms with Crippen molar-refractivity contribution in [3.05, 3.63) is 59.2 Å². The van der Waals surface area contributed by atoms with Crippen LogP contribution in [0.3, 0.4) is 0 Å². The zero-order valence-corrected chi connectivity index (χ0v) is 14.2. The topological polar surface area (TPSA) is 110 Å². The van der Waals surface area contributed by atoms with E-state index in [2.05, 4.69) is 25.7 Å². The number of carbonyl (C=O) groups is 1. The average molecular weight is 370 g/mol. The van der Waals surface area contributed by atoms with Crippen LogP contribution in [-0.2, 0) is 0 Å². The lowest BCUT2D eigenvalue weighted by Crippen LogP contribution is -2.12. The molecular formula is C17H12ClN5O3. The van der Waals surface area contributed by atoms with E-state index in [1.165, 1.54) is 12.3 Å². The Labute approximate surface area is 152 Å². The number of hydrogen-bond donors (Lipinski definition) is 2. The SMILES string of the molecule is Cc1nc(-c2ccc(NC(=O)c3cc(-c4ccco4)on3)cc2Cl)n[nH]1. The Hall–Kier alpha value is -3.39. The van der Waals surface area contributed by atoms with Crippen LogP contribution in [0.1, 0.15) is 16.3 Å². The molecule has 0 fully saturated rings. The van der Waals surface area contributed by atoms with Gasteiger partial charge < -0.3 is 14.3 Å². The number of halogens is 1. The number of aromatic nitrogens is 4. The predicted octanol–water partition coefficient (Wildman–Crippen LogP) is 3.93. The highest BCUT2D eigenvalue weighted by molar-refractivity contribution is 6.33. The van der Waals surface area contributed by atoms with Gasteiger partial charge in [0.2, 0.25) is 5.76 Å². The third-order valence-corrected chi connectivity index (χ3v) is 3.88. The van der Waals surface area contributed by atoms with E-state index in [4.69, 9.17) is 20.5 Å². The second-order valence-electron chi connectivity index (χ2n) is 5.45. The van der Waals surface area contributed by atoms with Crippen molar-refractivity contribution in [1.29, 1.82) is 0 Å². The minimum atomic E-state index is -0.427. The van der Waals surface area contributed by atoms with Gasteiger partial charge in [0.25, 0.3) is 5.91 Å². The molecule has 1 aromatic carbocycles. The molecular weight excluding hydrogens is 358 g/mol. The lowest BCUT2D eigenvalue weighted by molar-refractivity contribution is 0.101. The molecule has 0 saturated carbocycles. The summed E-state index contributed by atoms with van der Waals surface area (Å²) in [6.45, 7) is 1.80. The number of nitrogens with one attached hydrogen (secondary N) is 2. The van der Waals surface area contributed by atoms with Crippen LogP contribution >= 0.6 is 11.6 Å². The number of anilines is 1. The molecule has 0 saturated heterocycles. The molecule has 2 N–H and O–H groups in total. The van der Waals surface area contributed by atoms with E-state index in [0.717, 1.165) is 0 Å². The Morgan fingerprint density at radius 2 is 2.12 bits per heavy atom. The number of H-pyrrole nitrogens is 1. The second-order valence-corrected chi connectivity index (χ2v) is 5.85. The van der Waals surface area contributed by atoms with E-state index in [1.807, 2.05) is 0 Å². The van der Waals surface area contributed by atoms with Crippen molar-refractivity contribution in [2.45, 2.75) is 6.92 Å². The molecule has 0 atom stereocenters. The lowest BCUT2D eigenvalue weighted by Gasteiger charge is -2.05. The highest BCUT2D eigenvalue weighted by Gasteiger charge is 2.16. The molecule has 0 aliphatic carbocycles. The van der Waals surface area contributed by atoms with E-state index in [-0.39, 0.29) is 5.69 Å². The molecule has 0 aliphatic rings. The number of nitrogens with zero attached hydrogens (tertiary/aromatic N) is 3. The number of aromatic amines is 1. The Morgan fingerprint density at radius 1 is 1.23 bits per heavy atom. The summed E-state index contributed by atoms with van der Waals surface area (Å²) in [7, 11) is 0. The van der Waals surface area contributed by atoms with Crippen LogP contribution in [0, 0.1) is 6.92 Å². The number of amides is 1. The number of aryl methyl sites for hydroxylation is 1. The van der Waals surface area contributed by atoms with Crippen LogP contribution in [0.4, 0.5) is 5.69 Å². The first-order valence-electron chi connectivity index (χ1n) is 7.61. The molecule has 0 aliphatic heterocycles. The summed E-state index contributed by atoms with van der Waals surface area (Å²) in [6, 6.07) is 9.99. The lowest BCUT2D eigenvalue weighted by atomic mass is 10.2. The van der Waals surface area contributed by atoms with Crippen molar-refractivity contribution >= 4 is 23.2 Å². The fourth-order valence-corrected chi connectivity index (χ4v) is 2.61. The van der Waals surface area contributed by atoms with Gasteiger partial charge in [0.15, 0.2) is 17.3 Å². The normalized spacial score (nSPS) is 10.8. The number of furan rings is 1. The van der Waals surface area contributed by atoms with Crippen LogP contribution < -0.4 is 5.32 Å². The standard InChI is InChI=1S/C17H12ClN5O3/c1-9-19-16(22-21-9)11-5-4-10(7-12(11)18)20-17(24)13-8-15(26-23-13)14-3-2-6-25-14/h2-8H,1H3,(H,20,24)(H,19,21,22). The molecule has 0 spiro atoms. The fraction of sp³-hybridized carbons (Fsp3) is 0.0588. The number of rotatable bonds is 4. The van der Waals surface area contributed by atoms with Crippen molar-refractivity contribution < 1.29 is 13.7 Å². The molecule has 3 heterocycles. The summed E-state index contributed by atoms with van der Waals surface area (Å²) < 4.78 is 10.3. The molecule has 4 aromatic rings. The zero-order valence-electron chi connectivity index (χ0n) is 13.5. The molecule has 9 heteroatoms. The van der Waals surface area contributed by atoms with Crippen molar-refractivity contribution in [3.8, 4) is 22.9 Å². The third kappa shape index (κ3) is 3.09. The Kier molecular flexibility index (Phi) is 4.02. The molecule has 8 nitrogen and oxygen atoms in total. The van der Waals surface area contributed by atoms with Gasteiger partial charge in [-0.05, 0) is 37.3 Å². The molecule has 130 valence electrons. The second kappa shape index (κ2) is 6.49. The molecule has 4 rings (SSSR count). The summed E-state index contributed by atoms with van der Waals surface area (Å²) in [5.41, 5.74) is 1.30. The van der Waals surface area contributed by atoms with E-state index >= 15 is 0 Å². The molecule has 3 aromatic heterocycles. The summed E-state index contributed by atoms with van der Waals surface area (Å²) in [6.07, 6.45) is 1.51. The highest BCUT2D eigenvalue weighted by atomic mass is 35.5. The van der Waals surface area contributed by atoms with Gasteiger partial charge >= 0.3 is 0 Å². The van der Waals surface area contributed by atoms with Gasteiger partial charge in [0, 0.05) is 17.3 Å². The molecule has 0 bridgehead atoms. The smallest absolute Gasteiger partial charge is 0.277 e. The van der Waals surface area contributed by atoms with Crippen molar-refractivity contribution in [1.82, 2.24) is 20.3 Å². The molecule has 0 unspecified atom stereocenters. The minimum Gasteiger partial charge on any atom is -0.461 e. The maximum atomic E-state index is 12.3. The fourth-order valence-electron chi connectivity index (χ4n) is 2.35. The van der Waals surface area contributed by atoms with Crippen molar-refractivity contribution in [2.24, 2.45) is 0 Å². The summed E-state index contributed by atoms with van der Waals surface area (Å²) in [5, 5.41) is 13.7. The predicted molar refractivity (Wildman–Crippen MR) is 93.7 cm³/mol. The highest BCUT2D eigenvalue weighted by Crippen LogP contribution is 2.28. The van der Waals surface area contributed by atoms with Crippen molar-refractivity contribution in [2.75, 3.05) is 5.32 Å². The van der Waals surface area contributed by atoms with Gasteiger partial charge in [-0.3, -0.25) is 9.89 Å². The van der Waals surface area contributed by atoms with Gasteiger partial charge in [-0.2, -0.15) is 5.10 Å². The monoisotopic (exact) mass is 369 g/mol. The number of benzene rings is 1. The van der Waals surface area contributed by atoms with Crippen LogP contribution in [0.25, 0.3) is 22.9 Å². The van der Waals surface area contributed by atoms with E-state index in [9.17, 15) is 4.79 Å². The summed E-state index contributed by atoms with van der Waals surface area (Å²) in [5.74, 6) is 1.61. The van der Waals surface area contributed by atoms with Crippen LogP contribution in [0.15, 0.2) is 51.6 Å². The first kappa shape index (κ1) is 16.1.